The molecule has 8 nitrogen and oxygen atoms in total. The first-order valence-corrected chi connectivity index (χ1v) is 19.4. The molecule has 0 saturated heterocycles. The van der Waals surface area contributed by atoms with E-state index in [2.05, 4.69) is 30.5 Å². The SMILES string of the molecule is CCCCCCCC/C=C\CCCCCCCC(=O)O[C@H](COC(=O)CCCCCCCCCCCCC)COP(=O)([O-])[O-]. The summed E-state index contributed by atoms with van der Waals surface area (Å²) >= 11 is 0. The number of allylic oxidation sites excluding steroid dienone is 2. The number of unbranched alkanes of at least 4 members (excludes halogenated alkanes) is 21. The molecule has 0 aromatic rings. The van der Waals surface area contributed by atoms with Crippen LogP contribution in [-0.4, -0.2) is 31.3 Å². The van der Waals surface area contributed by atoms with Crippen LogP contribution in [0.1, 0.15) is 181 Å². The van der Waals surface area contributed by atoms with Crippen molar-refractivity contribution in [3.63, 3.8) is 0 Å². The van der Waals surface area contributed by atoms with E-state index in [-0.39, 0.29) is 19.4 Å². The van der Waals surface area contributed by atoms with Gasteiger partial charge in [0.05, 0.1) is 14.4 Å². The standard InChI is InChI=1S/C35H67O8P/c1-3-5-7-9-11-13-15-16-17-18-20-22-24-26-28-30-35(37)43-33(32-42-44(38,39)40)31-41-34(36)29-27-25-23-21-19-14-12-10-8-6-4-2/h16-17,33H,3-15,18-32H2,1-2H3,(H2,38,39,40)/p-2/b17-16-/t33-/m1/s1. The lowest BCUT2D eigenvalue weighted by Crippen LogP contribution is -2.31. The van der Waals surface area contributed by atoms with Gasteiger partial charge in [-0.1, -0.05) is 142 Å². The molecule has 0 radical (unpaired) electrons. The highest BCUT2D eigenvalue weighted by Gasteiger charge is 2.18. The molecular formula is C35H65O8P-2. The Morgan fingerprint density at radius 1 is 0.568 bits per heavy atom. The van der Waals surface area contributed by atoms with Crippen molar-refractivity contribution < 1.29 is 37.9 Å². The maximum absolute atomic E-state index is 12.3. The van der Waals surface area contributed by atoms with Crippen molar-refractivity contribution in [2.45, 2.75) is 187 Å². The maximum Gasteiger partial charge on any atom is 0.306 e. The van der Waals surface area contributed by atoms with E-state index >= 15 is 0 Å². The van der Waals surface area contributed by atoms with Crippen LogP contribution >= 0.6 is 7.82 Å². The molecule has 0 aliphatic rings. The normalized spacial score (nSPS) is 12.5. The van der Waals surface area contributed by atoms with Gasteiger partial charge in [0.15, 0.2) is 6.10 Å². The fraction of sp³-hybridized carbons (Fsp3) is 0.886. The van der Waals surface area contributed by atoms with Crippen LogP contribution in [0.5, 0.6) is 0 Å². The highest BCUT2D eigenvalue weighted by molar-refractivity contribution is 7.43. The summed E-state index contributed by atoms with van der Waals surface area (Å²) in [5.41, 5.74) is 0. The first-order chi connectivity index (χ1) is 21.3. The number of rotatable bonds is 33. The van der Waals surface area contributed by atoms with Crippen LogP contribution in [0.3, 0.4) is 0 Å². The molecule has 260 valence electrons. The van der Waals surface area contributed by atoms with Gasteiger partial charge in [0.1, 0.15) is 6.61 Å². The van der Waals surface area contributed by atoms with Crippen LogP contribution in [0.15, 0.2) is 12.2 Å². The second-order valence-electron chi connectivity index (χ2n) is 12.2. The van der Waals surface area contributed by atoms with Gasteiger partial charge < -0.3 is 28.3 Å². The Labute approximate surface area is 269 Å². The van der Waals surface area contributed by atoms with Gasteiger partial charge in [-0.2, -0.15) is 0 Å². The molecule has 0 heterocycles. The molecule has 0 aliphatic heterocycles. The highest BCUT2D eigenvalue weighted by atomic mass is 31.2. The maximum atomic E-state index is 12.3. The third-order valence-corrected chi connectivity index (χ3v) is 8.24. The van der Waals surface area contributed by atoms with Gasteiger partial charge in [-0.25, -0.2) is 0 Å². The first kappa shape index (κ1) is 42.8. The molecule has 0 aromatic carbocycles. The van der Waals surface area contributed by atoms with Gasteiger partial charge in [-0.05, 0) is 38.5 Å². The predicted molar refractivity (Wildman–Crippen MR) is 175 cm³/mol. The fourth-order valence-electron chi connectivity index (χ4n) is 5.07. The van der Waals surface area contributed by atoms with Crippen molar-refractivity contribution in [3.8, 4) is 0 Å². The zero-order valence-corrected chi connectivity index (χ0v) is 29.1. The zero-order valence-electron chi connectivity index (χ0n) is 28.2. The number of carbonyl (C=O) groups is 2. The molecule has 0 amide bonds. The minimum Gasteiger partial charge on any atom is -0.790 e. The van der Waals surface area contributed by atoms with Crippen LogP contribution in [0.25, 0.3) is 0 Å². The number of hydrogen-bond donors (Lipinski definition) is 0. The summed E-state index contributed by atoms with van der Waals surface area (Å²) in [5, 5.41) is 0. The van der Waals surface area contributed by atoms with Crippen LogP contribution in [-0.2, 0) is 28.2 Å². The highest BCUT2D eigenvalue weighted by Crippen LogP contribution is 2.25. The van der Waals surface area contributed by atoms with Crippen molar-refractivity contribution >= 4 is 19.8 Å². The van der Waals surface area contributed by atoms with Gasteiger partial charge in [-0.3, -0.25) is 9.59 Å². The molecule has 0 spiro atoms. The predicted octanol–water partition coefficient (Wildman–Crippen LogP) is 9.03. The van der Waals surface area contributed by atoms with Gasteiger partial charge in [0.25, 0.3) is 0 Å². The number of esters is 2. The summed E-state index contributed by atoms with van der Waals surface area (Å²) in [6.45, 7) is 3.46. The van der Waals surface area contributed by atoms with Crippen molar-refractivity contribution in [1.82, 2.24) is 0 Å². The monoisotopic (exact) mass is 644 g/mol. The molecule has 0 fully saturated rings. The van der Waals surface area contributed by atoms with Gasteiger partial charge >= 0.3 is 11.9 Å². The van der Waals surface area contributed by atoms with Gasteiger partial charge in [-0.15, -0.1) is 0 Å². The molecule has 9 heteroatoms. The summed E-state index contributed by atoms with van der Waals surface area (Å²) in [6.07, 6.45) is 31.8. The molecule has 0 saturated carbocycles. The van der Waals surface area contributed by atoms with Crippen molar-refractivity contribution in [2.75, 3.05) is 13.2 Å². The lowest BCUT2D eigenvalue weighted by atomic mass is 10.1. The Kier molecular flexibility index (Phi) is 30.9. The second kappa shape index (κ2) is 31.8. The first-order valence-electron chi connectivity index (χ1n) is 17.9. The topological polar surface area (TPSA) is 125 Å². The van der Waals surface area contributed by atoms with E-state index in [1.807, 2.05) is 0 Å². The van der Waals surface area contributed by atoms with Crippen LogP contribution in [0.2, 0.25) is 0 Å². The quantitative estimate of drug-likeness (QED) is 0.0300. The molecule has 0 aromatic heterocycles. The average Bonchev–Trinajstić information content (AvgIpc) is 2.98. The van der Waals surface area contributed by atoms with Crippen LogP contribution in [0.4, 0.5) is 0 Å². The van der Waals surface area contributed by atoms with Crippen molar-refractivity contribution in [3.05, 3.63) is 12.2 Å². The van der Waals surface area contributed by atoms with Crippen LogP contribution in [0, 0.1) is 0 Å². The molecule has 0 N–H and O–H groups in total. The lowest BCUT2D eigenvalue weighted by molar-refractivity contribution is -0.343. The Bertz CT molecular complexity index is 736. The summed E-state index contributed by atoms with van der Waals surface area (Å²) in [4.78, 5) is 46.3. The Morgan fingerprint density at radius 2 is 0.955 bits per heavy atom. The summed E-state index contributed by atoms with van der Waals surface area (Å²) in [7, 11) is -5.24. The lowest BCUT2D eigenvalue weighted by Gasteiger charge is -2.30. The minimum atomic E-state index is -5.24. The summed E-state index contributed by atoms with van der Waals surface area (Å²) in [5.74, 6) is -0.962. The zero-order chi connectivity index (χ0) is 32.6. The molecule has 1 atom stereocenters. The van der Waals surface area contributed by atoms with Gasteiger partial charge in [0, 0.05) is 12.8 Å². The summed E-state index contributed by atoms with van der Waals surface area (Å²) < 4.78 is 25.7. The fourth-order valence-corrected chi connectivity index (χ4v) is 5.42. The van der Waals surface area contributed by atoms with E-state index in [1.54, 1.807) is 0 Å². The van der Waals surface area contributed by atoms with E-state index in [9.17, 15) is 23.9 Å². The van der Waals surface area contributed by atoms with E-state index in [1.165, 1.54) is 96.3 Å². The minimum absolute atomic E-state index is 0.174. The third kappa shape index (κ3) is 33.7. The van der Waals surface area contributed by atoms with E-state index in [0.29, 0.717) is 12.8 Å². The number of phosphoric ester groups is 1. The number of ether oxygens (including phenoxy) is 2. The Hall–Kier alpha value is -1.21. The largest absolute Gasteiger partial charge is 0.790 e. The number of hydrogen-bond acceptors (Lipinski definition) is 8. The Balaban J connectivity index is 3.98. The van der Waals surface area contributed by atoms with Crippen LogP contribution < -0.4 is 9.79 Å². The second-order valence-corrected chi connectivity index (χ2v) is 13.3. The van der Waals surface area contributed by atoms with Gasteiger partial charge in [0.2, 0.25) is 0 Å². The molecule has 0 bridgehead atoms. The number of phosphoric acid groups is 1. The van der Waals surface area contributed by atoms with E-state index in [4.69, 9.17) is 9.47 Å². The average molecular weight is 645 g/mol. The molecule has 44 heavy (non-hydrogen) atoms. The van der Waals surface area contributed by atoms with Crippen molar-refractivity contribution in [1.29, 1.82) is 0 Å². The van der Waals surface area contributed by atoms with Crippen molar-refractivity contribution in [2.24, 2.45) is 0 Å². The smallest absolute Gasteiger partial charge is 0.306 e. The molecular weight excluding hydrogens is 579 g/mol. The van der Waals surface area contributed by atoms with E-state index < -0.39 is 32.5 Å². The summed E-state index contributed by atoms with van der Waals surface area (Å²) in [6, 6.07) is 0. The third-order valence-electron chi connectivity index (χ3n) is 7.77. The molecule has 0 rings (SSSR count). The molecule has 0 aliphatic carbocycles. The van der Waals surface area contributed by atoms with E-state index in [0.717, 1.165) is 44.9 Å². The Morgan fingerprint density at radius 3 is 1.39 bits per heavy atom. The molecule has 0 unspecified atom stereocenters. The number of carbonyl (C=O) groups excluding carboxylic acids is 2.